The monoisotopic (exact) mass is 205 g/mol. The minimum Gasteiger partial charge on any atom is -0.481 e. The van der Waals surface area contributed by atoms with E-state index in [9.17, 15) is 4.79 Å². The summed E-state index contributed by atoms with van der Waals surface area (Å²) in [7, 11) is 0. The van der Waals surface area contributed by atoms with Crippen molar-refractivity contribution in [3.05, 3.63) is 11.0 Å². The molecule has 3 nitrogen and oxygen atoms in total. The summed E-state index contributed by atoms with van der Waals surface area (Å²) in [5.41, 5.74) is 0. The highest BCUT2D eigenvalue weighted by atomic mass is 35.5. The van der Waals surface area contributed by atoms with Gasteiger partial charge in [0.25, 0.3) is 0 Å². The van der Waals surface area contributed by atoms with Crippen molar-refractivity contribution < 1.29 is 9.90 Å². The lowest BCUT2D eigenvalue weighted by molar-refractivity contribution is -0.133. The number of aliphatic imine (C=N–C) groups is 1. The molecule has 0 aliphatic carbocycles. The molecule has 0 atom stereocenters. The third-order valence-electron chi connectivity index (χ3n) is 1.26. The van der Waals surface area contributed by atoms with Crippen LogP contribution in [0.3, 0.4) is 0 Å². The van der Waals surface area contributed by atoms with Gasteiger partial charge in [0, 0.05) is 11.4 Å². The first-order chi connectivity index (χ1) is 5.70. The van der Waals surface area contributed by atoms with Crippen molar-refractivity contribution >= 4 is 34.5 Å². The number of hydrogen-bond acceptors (Lipinski definition) is 3. The zero-order valence-electron chi connectivity index (χ0n) is 6.29. The molecule has 0 saturated carbocycles. The first kappa shape index (κ1) is 9.61. The fraction of sp³-hybridized carbons (Fsp3) is 0.429. The molecule has 1 N–H and O–H groups in total. The Morgan fingerprint density at radius 1 is 1.83 bits per heavy atom. The van der Waals surface area contributed by atoms with E-state index >= 15 is 0 Å². The van der Waals surface area contributed by atoms with Gasteiger partial charge in [-0.3, -0.25) is 9.79 Å². The second kappa shape index (κ2) is 4.52. The number of aliphatic carboxylic acids is 1. The largest absolute Gasteiger partial charge is 0.481 e. The van der Waals surface area contributed by atoms with Crippen LogP contribution in [0.2, 0.25) is 0 Å². The molecule has 1 rings (SSSR count). The summed E-state index contributed by atoms with van der Waals surface area (Å²) in [6, 6.07) is 0. The quantitative estimate of drug-likeness (QED) is 0.764. The average molecular weight is 206 g/mol. The van der Waals surface area contributed by atoms with Gasteiger partial charge in [-0.25, -0.2) is 0 Å². The Labute approximate surface area is 79.5 Å². The molecule has 0 aromatic heterocycles. The third-order valence-corrected chi connectivity index (χ3v) is 2.76. The summed E-state index contributed by atoms with van der Waals surface area (Å²) in [4.78, 5) is 15.0. The van der Waals surface area contributed by atoms with Gasteiger partial charge in [0.2, 0.25) is 0 Å². The van der Waals surface area contributed by atoms with Gasteiger partial charge < -0.3 is 5.11 Å². The van der Waals surface area contributed by atoms with Gasteiger partial charge in [0.1, 0.15) is 5.17 Å². The van der Waals surface area contributed by atoms with Crippen LogP contribution in [0.15, 0.2) is 16.0 Å². The Balaban J connectivity index is 2.46. The molecule has 12 heavy (non-hydrogen) atoms. The molecule has 0 fully saturated rings. The zero-order chi connectivity index (χ0) is 8.97. The molecule has 0 amide bonds. The fourth-order valence-corrected chi connectivity index (χ4v) is 1.80. The zero-order valence-corrected chi connectivity index (χ0v) is 7.86. The second-order valence-electron chi connectivity index (χ2n) is 2.21. The van der Waals surface area contributed by atoms with Crippen LogP contribution in [-0.4, -0.2) is 28.5 Å². The van der Waals surface area contributed by atoms with Crippen molar-refractivity contribution in [1.29, 1.82) is 0 Å². The SMILES string of the molecule is O=C(O)CSC1=CCCN=C1Cl. The van der Waals surface area contributed by atoms with E-state index in [1.54, 1.807) is 0 Å². The van der Waals surface area contributed by atoms with Gasteiger partial charge in [-0.15, -0.1) is 11.8 Å². The summed E-state index contributed by atoms with van der Waals surface area (Å²) in [6.45, 7) is 0.704. The van der Waals surface area contributed by atoms with Gasteiger partial charge in [-0.1, -0.05) is 17.7 Å². The van der Waals surface area contributed by atoms with Crippen LogP contribution in [-0.2, 0) is 4.79 Å². The van der Waals surface area contributed by atoms with Crippen molar-refractivity contribution in [3.63, 3.8) is 0 Å². The van der Waals surface area contributed by atoms with Crippen LogP contribution in [0.1, 0.15) is 6.42 Å². The molecule has 5 heteroatoms. The van der Waals surface area contributed by atoms with Gasteiger partial charge in [0.05, 0.1) is 5.75 Å². The predicted molar refractivity (Wildman–Crippen MR) is 50.9 cm³/mol. The Morgan fingerprint density at radius 2 is 2.58 bits per heavy atom. The van der Waals surface area contributed by atoms with Crippen LogP contribution in [0.25, 0.3) is 0 Å². The first-order valence-corrected chi connectivity index (χ1v) is 4.81. The van der Waals surface area contributed by atoms with E-state index in [0.29, 0.717) is 11.7 Å². The predicted octanol–water partition coefficient (Wildman–Crippen LogP) is 1.73. The number of carboxylic acids is 1. The average Bonchev–Trinajstić information content (AvgIpc) is 2.03. The number of carbonyl (C=O) groups is 1. The second-order valence-corrected chi connectivity index (χ2v) is 3.59. The van der Waals surface area contributed by atoms with E-state index in [-0.39, 0.29) is 5.75 Å². The molecule has 0 aromatic rings. The molecule has 1 aliphatic heterocycles. The van der Waals surface area contributed by atoms with E-state index in [2.05, 4.69) is 4.99 Å². The van der Waals surface area contributed by atoms with E-state index in [1.807, 2.05) is 6.08 Å². The Bertz CT molecular complexity index is 250. The lowest BCUT2D eigenvalue weighted by atomic mass is 10.3. The number of hydrogen-bond donors (Lipinski definition) is 1. The maximum absolute atomic E-state index is 10.2. The molecule has 0 aromatic carbocycles. The summed E-state index contributed by atoms with van der Waals surface area (Å²) >= 11 is 6.95. The minimum absolute atomic E-state index is 0.0393. The highest BCUT2D eigenvalue weighted by molar-refractivity contribution is 8.04. The number of halogens is 1. The maximum atomic E-state index is 10.2. The molecular formula is C7H8ClNO2S. The summed E-state index contributed by atoms with van der Waals surface area (Å²) in [5, 5.41) is 8.84. The number of allylic oxidation sites excluding steroid dienone is 1. The molecular weight excluding hydrogens is 198 g/mol. The van der Waals surface area contributed by atoms with E-state index in [0.717, 1.165) is 11.3 Å². The smallest absolute Gasteiger partial charge is 0.313 e. The fourth-order valence-electron chi connectivity index (χ4n) is 0.778. The molecule has 0 spiro atoms. The standard InChI is InChI=1S/C7H8ClNO2S/c8-7-5(2-1-3-9-7)12-4-6(10)11/h2H,1,3-4H2,(H,10,11). The van der Waals surface area contributed by atoms with Crippen molar-refractivity contribution in [1.82, 2.24) is 0 Å². The molecule has 0 saturated heterocycles. The van der Waals surface area contributed by atoms with Crippen LogP contribution in [0.4, 0.5) is 0 Å². The number of rotatable bonds is 3. The van der Waals surface area contributed by atoms with Crippen LogP contribution in [0.5, 0.6) is 0 Å². The number of carboxylic acid groups (broad SMARTS) is 1. The summed E-state index contributed by atoms with van der Waals surface area (Å²) in [6.07, 6.45) is 2.76. The van der Waals surface area contributed by atoms with Gasteiger partial charge in [-0.2, -0.15) is 0 Å². The molecule has 1 aliphatic rings. The molecule has 1 heterocycles. The summed E-state index contributed by atoms with van der Waals surface area (Å²) < 4.78 is 0. The van der Waals surface area contributed by atoms with Crippen LogP contribution in [0, 0.1) is 0 Å². The van der Waals surface area contributed by atoms with E-state index < -0.39 is 5.97 Å². The topological polar surface area (TPSA) is 49.7 Å². The van der Waals surface area contributed by atoms with Crippen LogP contribution >= 0.6 is 23.4 Å². The third kappa shape index (κ3) is 2.87. The molecule has 66 valence electrons. The van der Waals surface area contributed by atoms with Crippen molar-refractivity contribution in [2.45, 2.75) is 6.42 Å². The highest BCUT2D eigenvalue weighted by Crippen LogP contribution is 2.22. The van der Waals surface area contributed by atoms with Gasteiger partial charge >= 0.3 is 5.97 Å². The van der Waals surface area contributed by atoms with Crippen molar-refractivity contribution in [3.8, 4) is 0 Å². The molecule has 0 unspecified atom stereocenters. The Morgan fingerprint density at radius 3 is 3.17 bits per heavy atom. The molecule has 0 bridgehead atoms. The Kier molecular flexibility index (Phi) is 3.62. The number of nitrogens with zero attached hydrogens (tertiary/aromatic N) is 1. The maximum Gasteiger partial charge on any atom is 0.313 e. The van der Waals surface area contributed by atoms with E-state index in [4.69, 9.17) is 16.7 Å². The van der Waals surface area contributed by atoms with Crippen molar-refractivity contribution in [2.24, 2.45) is 4.99 Å². The van der Waals surface area contributed by atoms with E-state index in [1.165, 1.54) is 11.8 Å². The lowest BCUT2D eigenvalue weighted by Crippen LogP contribution is -2.03. The number of thioether (sulfide) groups is 1. The Hall–Kier alpha value is -0.480. The van der Waals surface area contributed by atoms with Gasteiger partial charge in [-0.05, 0) is 6.42 Å². The summed E-state index contributed by atoms with van der Waals surface area (Å²) in [5.74, 6) is -0.798. The highest BCUT2D eigenvalue weighted by Gasteiger charge is 2.09. The number of dihydropyridines is 1. The van der Waals surface area contributed by atoms with Crippen molar-refractivity contribution in [2.75, 3.05) is 12.3 Å². The molecule has 0 radical (unpaired) electrons. The van der Waals surface area contributed by atoms with Crippen LogP contribution < -0.4 is 0 Å². The lowest BCUT2D eigenvalue weighted by Gasteiger charge is -2.07. The minimum atomic E-state index is -0.837. The van der Waals surface area contributed by atoms with Gasteiger partial charge in [0.15, 0.2) is 0 Å². The normalized spacial score (nSPS) is 16.8. The first-order valence-electron chi connectivity index (χ1n) is 3.45.